The molecular weight excluding hydrogens is 347 g/mol. The fourth-order valence-corrected chi connectivity index (χ4v) is 3.23. The summed E-state index contributed by atoms with van der Waals surface area (Å²) < 4.78 is 18.8. The van der Waals surface area contributed by atoms with Crippen LogP contribution in [-0.2, 0) is 16.0 Å². The highest BCUT2D eigenvalue weighted by Crippen LogP contribution is 2.22. The van der Waals surface area contributed by atoms with Crippen molar-refractivity contribution in [2.45, 2.75) is 19.3 Å². The predicted molar refractivity (Wildman–Crippen MR) is 101 cm³/mol. The van der Waals surface area contributed by atoms with E-state index in [1.807, 2.05) is 0 Å². The third-order valence-corrected chi connectivity index (χ3v) is 4.88. The average molecular weight is 370 g/mol. The second kappa shape index (κ2) is 8.66. The molecule has 0 saturated carbocycles. The topological polar surface area (TPSA) is 58.6 Å². The minimum Gasteiger partial charge on any atom is -0.497 e. The zero-order valence-corrected chi connectivity index (χ0v) is 15.3. The monoisotopic (exact) mass is 370 g/mol. The van der Waals surface area contributed by atoms with Crippen LogP contribution < -0.4 is 10.1 Å². The number of benzene rings is 2. The molecule has 1 aliphatic rings. The molecule has 142 valence electrons. The molecule has 1 fully saturated rings. The lowest BCUT2D eigenvalue weighted by molar-refractivity contribution is -0.133. The van der Waals surface area contributed by atoms with E-state index in [0.29, 0.717) is 31.5 Å². The van der Waals surface area contributed by atoms with Crippen molar-refractivity contribution in [2.75, 3.05) is 25.5 Å². The molecule has 1 N–H and O–H groups in total. The molecule has 2 amide bonds. The van der Waals surface area contributed by atoms with Crippen LogP contribution in [0.1, 0.15) is 18.4 Å². The van der Waals surface area contributed by atoms with Gasteiger partial charge in [-0.05, 0) is 48.7 Å². The molecular formula is C21H23FN2O3. The zero-order valence-electron chi connectivity index (χ0n) is 15.3. The van der Waals surface area contributed by atoms with Crippen molar-refractivity contribution < 1.29 is 18.7 Å². The summed E-state index contributed by atoms with van der Waals surface area (Å²) in [4.78, 5) is 26.5. The van der Waals surface area contributed by atoms with Gasteiger partial charge in [-0.2, -0.15) is 0 Å². The summed E-state index contributed by atoms with van der Waals surface area (Å²) in [5.41, 5.74) is 1.13. The summed E-state index contributed by atoms with van der Waals surface area (Å²) in [5, 5.41) is 2.91. The van der Waals surface area contributed by atoms with Crippen molar-refractivity contribution >= 4 is 17.5 Å². The number of anilines is 1. The highest BCUT2D eigenvalue weighted by atomic mass is 19.1. The Labute approximate surface area is 158 Å². The fraction of sp³-hybridized carbons (Fsp3) is 0.333. The zero-order chi connectivity index (χ0) is 19.2. The van der Waals surface area contributed by atoms with E-state index in [1.54, 1.807) is 54.5 Å². The van der Waals surface area contributed by atoms with E-state index < -0.39 is 0 Å². The van der Waals surface area contributed by atoms with E-state index in [4.69, 9.17) is 4.74 Å². The van der Waals surface area contributed by atoms with Crippen molar-refractivity contribution in [3.05, 3.63) is 59.9 Å². The van der Waals surface area contributed by atoms with Crippen LogP contribution in [0.25, 0.3) is 0 Å². The fourth-order valence-electron chi connectivity index (χ4n) is 3.23. The second-order valence-electron chi connectivity index (χ2n) is 6.64. The Bertz CT molecular complexity index is 799. The molecule has 2 aromatic carbocycles. The van der Waals surface area contributed by atoms with Crippen LogP contribution in [-0.4, -0.2) is 36.9 Å². The first kappa shape index (κ1) is 18.9. The molecule has 1 heterocycles. The molecule has 0 aromatic heterocycles. The van der Waals surface area contributed by atoms with E-state index in [1.165, 1.54) is 6.07 Å². The van der Waals surface area contributed by atoms with Gasteiger partial charge in [-0.15, -0.1) is 0 Å². The number of likely N-dealkylation sites (tertiary alicyclic amines) is 1. The van der Waals surface area contributed by atoms with Gasteiger partial charge in [0.15, 0.2) is 0 Å². The summed E-state index contributed by atoms with van der Waals surface area (Å²) in [5.74, 6) is 0.0920. The number of halogens is 1. The van der Waals surface area contributed by atoms with E-state index in [2.05, 4.69) is 5.32 Å². The second-order valence-corrected chi connectivity index (χ2v) is 6.64. The van der Waals surface area contributed by atoms with Gasteiger partial charge in [-0.3, -0.25) is 9.59 Å². The van der Waals surface area contributed by atoms with Gasteiger partial charge in [0.05, 0.1) is 13.5 Å². The quantitative estimate of drug-likeness (QED) is 0.879. The molecule has 2 aromatic rings. The summed E-state index contributed by atoms with van der Waals surface area (Å²) in [7, 11) is 1.59. The van der Waals surface area contributed by atoms with Gasteiger partial charge in [-0.1, -0.05) is 18.2 Å². The lowest BCUT2D eigenvalue weighted by atomic mass is 9.95. The molecule has 27 heavy (non-hydrogen) atoms. The minimum atomic E-state index is -0.361. The molecule has 5 nitrogen and oxygen atoms in total. The van der Waals surface area contributed by atoms with Crippen LogP contribution >= 0.6 is 0 Å². The Morgan fingerprint density at radius 1 is 1.11 bits per heavy atom. The van der Waals surface area contributed by atoms with Gasteiger partial charge in [0.1, 0.15) is 11.6 Å². The van der Waals surface area contributed by atoms with Gasteiger partial charge in [0, 0.05) is 24.7 Å². The number of amides is 2. The van der Waals surface area contributed by atoms with Crippen molar-refractivity contribution in [3.8, 4) is 5.75 Å². The number of hydrogen-bond donors (Lipinski definition) is 1. The molecule has 0 atom stereocenters. The number of methoxy groups -OCH3 is 1. The van der Waals surface area contributed by atoms with Gasteiger partial charge in [0.25, 0.3) is 0 Å². The summed E-state index contributed by atoms with van der Waals surface area (Å²) in [6, 6.07) is 13.5. The number of carbonyl (C=O) groups excluding carboxylic acids is 2. The van der Waals surface area contributed by atoms with Gasteiger partial charge in [0.2, 0.25) is 11.8 Å². The van der Waals surface area contributed by atoms with Gasteiger partial charge >= 0.3 is 0 Å². The summed E-state index contributed by atoms with van der Waals surface area (Å²) in [6.45, 7) is 1.02. The van der Waals surface area contributed by atoms with Crippen LogP contribution in [0.4, 0.5) is 10.1 Å². The highest BCUT2D eigenvalue weighted by Gasteiger charge is 2.27. The molecule has 1 aliphatic heterocycles. The first-order chi connectivity index (χ1) is 13.1. The number of nitrogens with one attached hydrogen (secondary N) is 1. The summed E-state index contributed by atoms with van der Waals surface area (Å²) >= 11 is 0. The normalized spacial score (nSPS) is 14.7. The Balaban J connectivity index is 1.49. The number of rotatable bonds is 5. The van der Waals surface area contributed by atoms with Crippen molar-refractivity contribution in [3.63, 3.8) is 0 Å². The largest absolute Gasteiger partial charge is 0.497 e. The van der Waals surface area contributed by atoms with Crippen LogP contribution in [0.3, 0.4) is 0 Å². The molecule has 3 rings (SSSR count). The maximum Gasteiger partial charge on any atom is 0.227 e. The van der Waals surface area contributed by atoms with Gasteiger partial charge < -0.3 is 15.0 Å². The van der Waals surface area contributed by atoms with E-state index in [-0.39, 0.29) is 30.0 Å². The van der Waals surface area contributed by atoms with Crippen molar-refractivity contribution in [1.82, 2.24) is 4.90 Å². The maximum atomic E-state index is 13.7. The number of piperidine rings is 1. The third kappa shape index (κ3) is 4.84. The molecule has 0 spiro atoms. The van der Waals surface area contributed by atoms with E-state index in [9.17, 15) is 14.0 Å². The number of carbonyl (C=O) groups is 2. The number of nitrogens with zero attached hydrogens (tertiary/aromatic N) is 1. The molecule has 0 aliphatic carbocycles. The molecule has 0 bridgehead atoms. The standard InChI is InChI=1S/C21H23FN2O3/c1-27-18-8-6-17(7-9-18)23-21(26)15-10-12-24(13-11-15)20(25)14-16-4-2-3-5-19(16)22/h2-9,15H,10-14H2,1H3,(H,23,26). The average Bonchev–Trinajstić information content (AvgIpc) is 2.70. The minimum absolute atomic E-state index is 0.0404. The van der Waals surface area contributed by atoms with Crippen LogP contribution in [0.2, 0.25) is 0 Å². The number of ether oxygens (including phenoxy) is 1. The van der Waals surface area contributed by atoms with Crippen molar-refractivity contribution in [1.29, 1.82) is 0 Å². The summed E-state index contributed by atoms with van der Waals surface area (Å²) in [6.07, 6.45) is 1.26. The van der Waals surface area contributed by atoms with Crippen LogP contribution in [0.5, 0.6) is 5.75 Å². The van der Waals surface area contributed by atoms with E-state index >= 15 is 0 Å². The van der Waals surface area contributed by atoms with Gasteiger partial charge in [-0.25, -0.2) is 4.39 Å². The first-order valence-corrected chi connectivity index (χ1v) is 9.03. The first-order valence-electron chi connectivity index (χ1n) is 9.03. The van der Waals surface area contributed by atoms with Crippen LogP contribution in [0, 0.1) is 11.7 Å². The molecule has 1 saturated heterocycles. The Morgan fingerprint density at radius 2 is 1.78 bits per heavy atom. The number of hydrogen-bond acceptors (Lipinski definition) is 3. The lowest BCUT2D eigenvalue weighted by Gasteiger charge is -2.31. The SMILES string of the molecule is COc1ccc(NC(=O)C2CCN(C(=O)Cc3ccccc3F)CC2)cc1. The van der Waals surface area contributed by atoms with Crippen molar-refractivity contribution in [2.24, 2.45) is 5.92 Å². The Hall–Kier alpha value is -2.89. The predicted octanol–water partition coefficient (Wildman–Crippen LogP) is 3.25. The molecule has 0 radical (unpaired) electrons. The van der Waals surface area contributed by atoms with E-state index in [0.717, 1.165) is 11.4 Å². The maximum absolute atomic E-state index is 13.7. The highest BCUT2D eigenvalue weighted by molar-refractivity contribution is 5.92. The Kier molecular flexibility index (Phi) is 6.06. The molecule has 0 unspecified atom stereocenters. The third-order valence-electron chi connectivity index (χ3n) is 4.88. The molecule has 6 heteroatoms. The van der Waals surface area contributed by atoms with Crippen LogP contribution in [0.15, 0.2) is 48.5 Å². The Morgan fingerprint density at radius 3 is 2.41 bits per heavy atom. The smallest absolute Gasteiger partial charge is 0.227 e. The lowest BCUT2D eigenvalue weighted by Crippen LogP contribution is -2.42.